The van der Waals surface area contributed by atoms with E-state index in [0.29, 0.717) is 17.8 Å². The van der Waals surface area contributed by atoms with Crippen LogP contribution >= 0.6 is 11.8 Å². The molecule has 0 spiro atoms. The van der Waals surface area contributed by atoms with Crippen LogP contribution in [0.5, 0.6) is 0 Å². The highest BCUT2D eigenvalue weighted by atomic mass is 32.2. The first-order valence-corrected chi connectivity index (χ1v) is 11.3. The molecule has 1 fully saturated rings. The van der Waals surface area contributed by atoms with Crippen LogP contribution in [0.15, 0.2) is 29.4 Å². The number of rotatable bonds is 3. The van der Waals surface area contributed by atoms with Crippen molar-refractivity contribution in [1.82, 2.24) is 24.5 Å². The lowest BCUT2D eigenvalue weighted by molar-refractivity contribution is -0.134. The summed E-state index contributed by atoms with van der Waals surface area (Å²) in [4.78, 5) is 20.0. The van der Waals surface area contributed by atoms with Crippen LogP contribution in [0.3, 0.4) is 0 Å². The molecule has 0 N–H and O–H groups in total. The number of hydrogen-bond donors (Lipinski definition) is 0. The number of fused-ring (bicyclic) bond motifs is 3. The minimum absolute atomic E-state index is 0.178. The van der Waals surface area contributed by atoms with Gasteiger partial charge in [-0.05, 0) is 45.2 Å². The van der Waals surface area contributed by atoms with Crippen LogP contribution < -0.4 is 0 Å². The highest BCUT2D eigenvalue weighted by Crippen LogP contribution is 2.30. The van der Waals surface area contributed by atoms with Crippen molar-refractivity contribution in [2.24, 2.45) is 0 Å². The van der Waals surface area contributed by atoms with Crippen molar-refractivity contribution in [3.63, 3.8) is 0 Å². The number of thioether (sulfide) groups is 1. The second-order valence-electron chi connectivity index (χ2n) is 9.06. The Hall–Kier alpha value is -2.15. The first-order chi connectivity index (χ1) is 13.8. The number of amides is 1. The van der Waals surface area contributed by atoms with E-state index >= 15 is 0 Å². The third kappa shape index (κ3) is 3.72. The Balaban J connectivity index is 1.69. The van der Waals surface area contributed by atoms with Crippen LogP contribution in [-0.2, 0) is 10.2 Å². The van der Waals surface area contributed by atoms with Gasteiger partial charge in [-0.1, -0.05) is 44.7 Å². The average molecular weight is 412 g/mol. The Bertz CT molecular complexity index is 1040. The SMILES string of the molecule is C[C@@H]1CCC[C@H](C)N1C(=O)CSc1nnc2c3ccccc3nc(C(C)(C)C)n12. The molecular formula is C22H29N5OS. The zero-order valence-electron chi connectivity index (χ0n) is 17.8. The summed E-state index contributed by atoms with van der Waals surface area (Å²) in [7, 11) is 0. The van der Waals surface area contributed by atoms with Gasteiger partial charge in [-0.2, -0.15) is 0 Å². The first-order valence-electron chi connectivity index (χ1n) is 10.4. The summed E-state index contributed by atoms with van der Waals surface area (Å²) in [6.45, 7) is 10.7. The van der Waals surface area contributed by atoms with Gasteiger partial charge in [-0.25, -0.2) is 4.98 Å². The number of hydrogen-bond acceptors (Lipinski definition) is 5. The van der Waals surface area contributed by atoms with Crippen molar-refractivity contribution >= 4 is 34.2 Å². The normalized spacial score (nSPS) is 20.5. The van der Waals surface area contributed by atoms with E-state index in [1.54, 1.807) is 0 Å². The maximum absolute atomic E-state index is 13.0. The molecule has 0 aliphatic carbocycles. The smallest absolute Gasteiger partial charge is 0.233 e. The van der Waals surface area contributed by atoms with E-state index < -0.39 is 0 Å². The number of piperidine rings is 1. The van der Waals surface area contributed by atoms with Crippen LogP contribution in [0.2, 0.25) is 0 Å². The Labute approximate surface area is 176 Å². The van der Waals surface area contributed by atoms with Gasteiger partial charge < -0.3 is 4.90 Å². The van der Waals surface area contributed by atoms with E-state index in [1.165, 1.54) is 18.2 Å². The van der Waals surface area contributed by atoms with Crippen molar-refractivity contribution in [2.75, 3.05) is 5.75 Å². The lowest BCUT2D eigenvalue weighted by Crippen LogP contribution is -2.48. The molecule has 3 heterocycles. The Kier molecular flexibility index (Phi) is 5.27. The van der Waals surface area contributed by atoms with Gasteiger partial charge in [0.1, 0.15) is 5.82 Å². The Morgan fingerprint density at radius 3 is 2.52 bits per heavy atom. The fourth-order valence-electron chi connectivity index (χ4n) is 4.27. The molecule has 2 atom stereocenters. The average Bonchev–Trinajstić information content (AvgIpc) is 3.09. The van der Waals surface area contributed by atoms with E-state index in [4.69, 9.17) is 4.98 Å². The molecule has 0 saturated carbocycles. The number of benzene rings is 1. The van der Waals surface area contributed by atoms with Crippen LogP contribution in [-0.4, -0.2) is 48.2 Å². The minimum Gasteiger partial charge on any atom is -0.337 e. The van der Waals surface area contributed by atoms with Gasteiger partial charge in [0.05, 0.1) is 11.3 Å². The predicted octanol–water partition coefficient (Wildman–Crippen LogP) is 4.46. The van der Waals surface area contributed by atoms with Gasteiger partial charge >= 0.3 is 0 Å². The van der Waals surface area contributed by atoms with Crippen molar-refractivity contribution in [2.45, 2.75) is 76.5 Å². The van der Waals surface area contributed by atoms with E-state index in [-0.39, 0.29) is 11.3 Å². The third-order valence-electron chi connectivity index (χ3n) is 5.69. The molecule has 2 aromatic heterocycles. The zero-order chi connectivity index (χ0) is 20.8. The van der Waals surface area contributed by atoms with Gasteiger partial charge in [0, 0.05) is 22.9 Å². The molecule has 1 amide bonds. The van der Waals surface area contributed by atoms with E-state index in [0.717, 1.165) is 40.4 Å². The molecule has 4 rings (SSSR count). The summed E-state index contributed by atoms with van der Waals surface area (Å²) in [5, 5.41) is 10.6. The maximum atomic E-state index is 13.0. The predicted molar refractivity (Wildman–Crippen MR) is 117 cm³/mol. The van der Waals surface area contributed by atoms with Gasteiger partial charge in [-0.15, -0.1) is 10.2 Å². The molecule has 29 heavy (non-hydrogen) atoms. The number of para-hydroxylation sites is 1. The van der Waals surface area contributed by atoms with Gasteiger partial charge in [0.15, 0.2) is 10.8 Å². The molecule has 1 saturated heterocycles. The molecule has 1 aliphatic heterocycles. The number of carbonyl (C=O) groups excluding carboxylic acids is 1. The largest absolute Gasteiger partial charge is 0.337 e. The summed E-state index contributed by atoms with van der Waals surface area (Å²) in [6, 6.07) is 8.62. The lowest BCUT2D eigenvalue weighted by Gasteiger charge is -2.39. The fraction of sp³-hybridized carbons (Fsp3) is 0.545. The van der Waals surface area contributed by atoms with Crippen LogP contribution in [0.25, 0.3) is 16.6 Å². The molecule has 154 valence electrons. The third-order valence-corrected chi connectivity index (χ3v) is 6.61. The highest BCUT2D eigenvalue weighted by Gasteiger charge is 2.30. The molecule has 1 aromatic carbocycles. The summed E-state index contributed by atoms with van der Waals surface area (Å²) >= 11 is 1.46. The molecule has 1 aliphatic rings. The minimum atomic E-state index is -0.181. The number of aromatic nitrogens is 4. The van der Waals surface area contributed by atoms with Crippen LogP contribution in [0, 0.1) is 0 Å². The lowest BCUT2D eigenvalue weighted by atomic mass is 9.95. The topological polar surface area (TPSA) is 63.4 Å². The molecule has 0 radical (unpaired) electrons. The molecule has 3 aromatic rings. The summed E-state index contributed by atoms with van der Waals surface area (Å²) in [5.74, 6) is 1.45. The zero-order valence-corrected chi connectivity index (χ0v) is 18.7. The van der Waals surface area contributed by atoms with Gasteiger partial charge in [-0.3, -0.25) is 9.20 Å². The molecule has 0 unspecified atom stereocenters. The molecule has 7 heteroatoms. The second-order valence-corrected chi connectivity index (χ2v) is 10.0. The molecule has 0 bridgehead atoms. The summed E-state index contributed by atoms with van der Waals surface area (Å²) < 4.78 is 2.03. The summed E-state index contributed by atoms with van der Waals surface area (Å²) in [6.07, 6.45) is 3.36. The Morgan fingerprint density at radius 1 is 1.14 bits per heavy atom. The van der Waals surface area contributed by atoms with Crippen molar-refractivity contribution in [3.05, 3.63) is 30.1 Å². The first kappa shape index (κ1) is 20.1. The quantitative estimate of drug-likeness (QED) is 0.596. The number of carbonyl (C=O) groups is 1. The Morgan fingerprint density at radius 2 is 1.83 bits per heavy atom. The number of likely N-dealkylation sites (tertiary alicyclic amines) is 1. The second kappa shape index (κ2) is 7.59. The maximum Gasteiger partial charge on any atom is 0.233 e. The van der Waals surface area contributed by atoms with Crippen molar-refractivity contribution < 1.29 is 4.79 Å². The van der Waals surface area contributed by atoms with Gasteiger partial charge in [0.25, 0.3) is 0 Å². The van der Waals surface area contributed by atoms with Gasteiger partial charge in [0.2, 0.25) is 5.91 Å². The van der Waals surface area contributed by atoms with Crippen LogP contribution in [0.4, 0.5) is 0 Å². The van der Waals surface area contributed by atoms with E-state index in [2.05, 4.69) is 49.7 Å². The van der Waals surface area contributed by atoms with Crippen molar-refractivity contribution in [1.29, 1.82) is 0 Å². The van der Waals surface area contributed by atoms with E-state index in [9.17, 15) is 4.79 Å². The standard InChI is InChI=1S/C22H29N5OS/c1-14-9-8-10-15(2)26(14)18(28)13-29-21-25-24-19-16-11-6-7-12-17(16)23-20(27(19)21)22(3,4)5/h6-7,11-12,14-15H,8-10,13H2,1-5H3/t14-,15+. The fourth-order valence-corrected chi connectivity index (χ4v) is 5.07. The number of nitrogens with zero attached hydrogens (tertiary/aromatic N) is 5. The van der Waals surface area contributed by atoms with Crippen molar-refractivity contribution in [3.8, 4) is 0 Å². The summed E-state index contributed by atoms with van der Waals surface area (Å²) in [5.41, 5.74) is 1.54. The monoisotopic (exact) mass is 411 g/mol. The highest BCUT2D eigenvalue weighted by molar-refractivity contribution is 7.99. The van der Waals surface area contributed by atoms with Crippen LogP contribution in [0.1, 0.15) is 59.7 Å². The molecular weight excluding hydrogens is 382 g/mol. The van der Waals surface area contributed by atoms with E-state index in [1.807, 2.05) is 28.7 Å². The molecule has 6 nitrogen and oxygen atoms in total.